The number of hydrogen-bond acceptors (Lipinski definition) is 3. The van der Waals surface area contributed by atoms with E-state index in [0.29, 0.717) is 0 Å². The van der Waals surface area contributed by atoms with Crippen LogP contribution in [0, 0.1) is 0 Å². The maximum absolute atomic E-state index is 6.32. The first-order valence-corrected chi connectivity index (χ1v) is 13.8. The van der Waals surface area contributed by atoms with Crippen molar-refractivity contribution >= 4 is 65.3 Å². The van der Waals surface area contributed by atoms with Crippen molar-refractivity contribution in [3.8, 4) is 22.4 Å². The fourth-order valence-electron chi connectivity index (χ4n) is 6.24. The Morgan fingerprint density at radius 3 is 2.02 bits per heavy atom. The molecule has 0 atom stereocenters. The molecule has 3 heterocycles. The van der Waals surface area contributed by atoms with E-state index in [9.17, 15) is 0 Å². The molecular weight excluding hydrogens is 500 g/mol. The number of pyridine rings is 2. The summed E-state index contributed by atoms with van der Waals surface area (Å²) < 4.78 is 6.32. The van der Waals surface area contributed by atoms with Gasteiger partial charge in [0.25, 0.3) is 0 Å². The summed E-state index contributed by atoms with van der Waals surface area (Å²) in [5.41, 5.74) is 8.18. The van der Waals surface area contributed by atoms with Crippen molar-refractivity contribution in [1.29, 1.82) is 0 Å². The topological polar surface area (TPSA) is 38.9 Å². The monoisotopic (exact) mass is 522 g/mol. The molecule has 3 heteroatoms. The fraction of sp³-hybridized carbons (Fsp3) is 0. The van der Waals surface area contributed by atoms with Crippen LogP contribution in [0.4, 0.5) is 0 Å². The minimum Gasteiger partial charge on any atom is -0.455 e. The summed E-state index contributed by atoms with van der Waals surface area (Å²) in [6.45, 7) is 0. The molecule has 3 nitrogen and oxygen atoms in total. The molecule has 0 aliphatic carbocycles. The molecule has 0 unspecified atom stereocenters. The van der Waals surface area contributed by atoms with Gasteiger partial charge in [-0.2, -0.15) is 0 Å². The lowest BCUT2D eigenvalue weighted by molar-refractivity contribution is 0.672. The average Bonchev–Trinajstić information content (AvgIpc) is 3.42. The summed E-state index contributed by atoms with van der Waals surface area (Å²) in [6.07, 6.45) is 1.83. The van der Waals surface area contributed by atoms with Gasteiger partial charge in [0.15, 0.2) is 0 Å². The van der Waals surface area contributed by atoms with E-state index in [4.69, 9.17) is 9.40 Å². The maximum Gasteiger partial charge on any atom is 0.143 e. The predicted octanol–water partition coefficient (Wildman–Crippen LogP) is 10.3. The molecule has 0 saturated carbocycles. The van der Waals surface area contributed by atoms with E-state index in [-0.39, 0.29) is 0 Å². The average molecular weight is 523 g/mol. The Bertz CT molecular complexity index is 2490. The van der Waals surface area contributed by atoms with E-state index in [1.807, 2.05) is 24.4 Å². The number of benzene rings is 6. The zero-order chi connectivity index (χ0) is 26.9. The first-order chi connectivity index (χ1) is 20.3. The molecule has 0 spiro atoms. The van der Waals surface area contributed by atoms with Crippen LogP contribution in [-0.2, 0) is 0 Å². The van der Waals surface area contributed by atoms with Gasteiger partial charge in [-0.25, -0.2) is 4.98 Å². The Morgan fingerprint density at radius 1 is 0.463 bits per heavy atom. The van der Waals surface area contributed by atoms with Gasteiger partial charge in [-0.3, -0.25) is 4.98 Å². The summed E-state index contributed by atoms with van der Waals surface area (Å²) >= 11 is 0. The van der Waals surface area contributed by atoms with Gasteiger partial charge in [0.05, 0.1) is 16.7 Å². The van der Waals surface area contributed by atoms with Crippen molar-refractivity contribution < 1.29 is 4.42 Å². The van der Waals surface area contributed by atoms with Crippen LogP contribution >= 0.6 is 0 Å². The lowest BCUT2D eigenvalue weighted by Crippen LogP contribution is -1.89. The number of rotatable bonds is 2. The molecule has 41 heavy (non-hydrogen) atoms. The van der Waals surface area contributed by atoms with Crippen LogP contribution in [-0.4, -0.2) is 9.97 Å². The second kappa shape index (κ2) is 8.48. The van der Waals surface area contributed by atoms with Gasteiger partial charge in [-0.1, -0.05) is 91.0 Å². The van der Waals surface area contributed by atoms with Gasteiger partial charge in [0, 0.05) is 38.7 Å². The third-order valence-electron chi connectivity index (χ3n) is 8.26. The number of fused-ring (bicyclic) bond motifs is 9. The minimum absolute atomic E-state index is 0.918. The number of aromatic nitrogens is 2. The van der Waals surface area contributed by atoms with Gasteiger partial charge < -0.3 is 4.42 Å². The molecule has 0 bridgehead atoms. The summed E-state index contributed by atoms with van der Waals surface area (Å²) in [6, 6.07) is 45.0. The third kappa shape index (κ3) is 3.39. The van der Waals surface area contributed by atoms with Crippen molar-refractivity contribution in [3.05, 3.63) is 134 Å². The second-order valence-corrected chi connectivity index (χ2v) is 10.6. The molecule has 0 radical (unpaired) electrons. The Morgan fingerprint density at radius 2 is 1.15 bits per heavy atom. The van der Waals surface area contributed by atoms with Crippen molar-refractivity contribution in [1.82, 2.24) is 9.97 Å². The number of furan rings is 1. The quantitative estimate of drug-likeness (QED) is 0.212. The van der Waals surface area contributed by atoms with E-state index < -0.39 is 0 Å². The van der Waals surface area contributed by atoms with Crippen LogP contribution < -0.4 is 0 Å². The summed E-state index contributed by atoms with van der Waals surface area (Å²) in [7, 11) is 0. The van der Waals surface area contributed by atoms with Crippen molar-refractivity contribution in [3.63, 3.8) is 0 Å². The Hall–Kier alpha value is -5.54. The van der Waals surface area contributed by atoms with Crippen LogP contribution in [0.15, 0.2) is 138 Å². The third-order valence-corrected chi connectivity index (χ3v) is 8.26. The van der Waals surface area contributed by atoms with Crippen LogP contribution in [0.1, 0.15) is 0 Å². The molecule has 0 saturated heterocycles. The lowest BCUT2D eigenvalue weighted by Gasteiger charge is -2.11. The standard InChI is InChI=1S/C38H22N2O/c1-2-9-31-29(7-1)32(22-33-30-8-3-4-10-35(30)41-38(31)33)27-15-13-26-21-28(16-14-25(26)20-27)34-18-17-24-12-11-23-6-5-19-39-36(23)37(24)40-34/h1-22H. The van der Waals surface area contributed by atoms with Gasteiger partial charge in [0.2, 0.25) is 0 Å². The van der Waals surface area contributed by atoms with Crippen molar-refractivity contribution in [2.24, 2.45) is 0 Å². The SMILES string of the molecule is c1cnc2c(c1)ccc1ccc(-c3ccc4cc(-c5cc6c7ccccc7oc6c6ccccc56)ccc4c3)nc12. The minimum atomic E-state index is 0.918. The molecule has 3 aromatic heterocycles. The number of nitrogens with zero attached hydrogens (tertiary/aromatic N) is 2. The van der Waals surface area contributed by atoms with Crippen LogP contribution in [0.3, 0.4) is 0 Å². The first kappa shape index (κ1) is 22.3. The summed E-state index contributed by atoms with van der Waals surface area (Å²) in [4.78, 5) is 9.67. The van der Waals surface area contributed by atoms with E-state index in [1.54, 1.807) is 0 Å². The molecule has 0 amide bonds. The zero-order valence-electron chi connectivity index (χ0n) is 22.0. The highest BCUT2D eigenvalue weighted by atomic mass is 16.3. The van der Waals surface area contributed by atoms with Crippen LogP contribution in [0.2, 0.25) is 0 Å². The van der Waals surface area contributed by atoms with Crippen molar-refractivity contribution in [2.45, 2.75) is 0 Å². The van der Waals surface area contributed by atoms with Crippen LogP contribution in [0.5, 0.6) is 0 Å². The van der Waals surface area contributed by atoms with Gasteiger partial charge in [-0.05, 0) is 63.7 Å². The highest BCUT2D eigenvalue weighted by molar-refractivity contribution is 6.19. The molecule has 9 aromatic rings. The molecule has 0 N–H and O–H groups in total. The second-order valence-electron chi connectivity index (χ2n) is 10.6. The van der Waals surface area contributed by atoms with E-state index in [1.165, 1.54) is 27.3 Å². The van der Waals surface area contributed by atoms with Crippen molar-refractivity contribution in [2.75, 3.05) is 0 Å². The lowest BCUT2D eigenvalue weighted by atomic mass is 9.93. The molecule has 0 aliphatic rings. The van der Waals surface area contributed by atoms with Crippen LogP contribution in [0.25, 0.3) is 87.7 Å². The Kier molecular flexibility index (Phi) is 4.61. The van der Waals surface area contributed by atoms with E-state index >= 15 is 0 Å². The zero-order valence-corrected chi connectivity index (χ0v) is 22.0. The number of hydrogen-bond donors (Lipinski definition) is 0. The van der Waals surface area contributed by atoms with Gasteiger partial charge >= 0.3 is 0 Å². The Labute approximate surface area is 235 Å². The first-order valence-electron chi connectivity index (χ1n) is 13.8. The van der Waals surface area contributed by atoms with Gasteiger partial charge in [-0.15, -0.1) is 0 Å². The van der Waals surface area contributed by atoms with Gasteiger partial charge in [0.1, 0.15) is 11.2 Å². The Balaban J connectivity index is 1.20. The molecule has 6 aromatic carbocycles. The highest BCUT2D eigenvalue weighted by Crippen LogP contribution is 2.40. The summed E-state index contributed by atoms with van der Waals surface area (Å²) in [5.74, 6) is 0. The fourth-order valence-corrected chi connectivity index (χ4v) is 6.24. The van der Waals surface area contributed by atoms with E-state index in [0.717, 1.165) is 60.4 Å². The highest BCUT2D eigenvalue weighted by Gasteiger charge is 2.15. The molecular formula is C38H22N2O. The predicted molar refractivity (Wildman–Crippen MR) is 170 cm³/mol. The smallest absolute Gasteiger partial charge is 0.143 e. The molecule has 190 valence electrons. The summed E-state index contributed by atoms with van der Waals surface area (Å²) in [5, 5.41) is 9.20. The molecule has 9 rings (SSSR count). The normalized spacial score (nSPS) is 11.9. The molecule has 0 fully saturated rings. The van der Waals surface area contributed by atoms with E-state index in [2.05, 4.69) is 114 Å². The largest absolute Gasteiger partial charge is 0.455 e. The maximum atomic E-state index is 6.32. The number of para-hydroxylation sites is 1. The molecule has 0 aliphatic heterocycles.